The van der Waals surface area contributed by atoms with Crippen molar-refractivity contribution in [1.29, 1.82) is 0 Å². The van der Waals surface area contributed by atoms with Crippen molar-refractivity contribution < 1.29 is 23.8 Å². The van der Waals surface area contributed by atoms with Crippen molar-refractivity contribution in [2.24, 2.45) is 0 Å². The molecule has 0 saturated heterocycles. The fourth-order valence-electron chi connectivity index (χ4n) is 4.37. The lowest BCUT2D eigenvalue weighted by Crippen LogP contribution is -2.23. The number of pyridine rings is 1. The Morgan fingerprint density at radius 1 is 1.00 bits per heavy atom. The van der Waals surface area contributed by atoms with Gasteiger partial charge in [0, 0.05) is 18.3 Å². The summed E-state index contributed by atoms with van der Waals surface area (Å²) in [5.41, 5.74) is 3.35. The first-order valence-electron chi connectivity index (χ1n) is 13.0. The summed E-state index contributed by atoms with van der Waals surface area (Å²) in [5.74, 6) is 0.500. The highest BCUT2D eigenvalue weighted by Gasteiger charge is 2.21. The fraction of sp³-hybridized carbons (Fsp3) is 0.194. The fourth-order valence-corrected chi connectivity index (χ4v) is 4.63. The van der Waals surface area contributed by atoms with E-state index in [2.05, 4.69) is 20.7 Å². The molecule has 9 nitrogen and oxygen atoms in total. The van der Waals surface area contributed by atoms with Crippen LogP contribution >= 0.6 is 11.6 Å². The number of hydrogen-bond donors (Lipinski definition) is 3. The van der Waals surface area contributed by atoms with Crippen molar-refractivity contribution in [2.45, 2.75) is 26.0 Å². The van der Waals surface area contributed by atoms with Gasteiger partial charge in [-0.15, -0.1) is 5.10 Å². The summed E-state index contributed by atoms with van der Waals surface area (Å²) in [4.78, 5) is 17.4. The molecule has 0 atom stereocenters. The first-order valence-corrected chi connectivity index (χ1v) is 13.4. The smallest absolute Gasteiger partial charge is 0.255 e. The minimum atomic E-state index is -1.10. The summed E-state index contributed by atoms with van der Waals surface area (Å²) in [6, 6.07) is 18.3. The molecule has 0 saturated carbocycles. The van der Waals surface area contributed by atoms with Crippen LogP contribution in [0.3, 0.4) is 0 Å². The van der Waals surface area contributed by atoms with Crippen molar-refractivity contribution >= 4 is 34.8 Å². The van der Waals surface area contributed by atoms with Crippen molar-refractivity contribution in [2.75, 3.05) is 19.5 Å². The van der Waals surface area contributed by atoms with Gasteiger partial charge in [-0.05, 0) is 79.1 Å². The number of carbonyl (C=O) groups excluding carboxylic acids is 1. The van der Waals surface area contributed by atoms with E-state index in [1.807, 2.05) is 24.4 Å². The van der Waals surface area contributed by atoms with E-state index in [1.54, 1.807) is 54.8 Å². The quantitative estimate of drug-likeness (QED) is 0.190. The molecule has 0 fully saturated rings. The second-order valence-electron chi connectivity index (χ2n) is 10.1. The minimum Gasteiger partial charge on any atom is -0.496 e. The Kier molecular flexibility index (Phi) is 8.02. The maximum atomic E-state index is 13.2. The number of rotatable bonds is 9. The third-order valence-corrected chi connectivity index (χ3v) is 6.99. The van der Waals surface area contributed by atoms with Gasteiger partial charge in [0.05, 0.1) is 30.4 Å². The zero-order chi connectivity index (χ0) is 30.0. The number of aromatic nitrogens is 3. The van der Waals surface area contributed by atoms with Crippen LogP contribution in [-0.2, 0) is 12.1 Å². The molecule has 2 heterocycles. The van der Waals surface area contributed by atoms with E-state index in [4.69, 9.17) is 21.1 Å². The van der Waals surface area contributed by atoms with E-state index in [0.29, 0.717) is 44.9 Å². The molecule has 1 amide bonds. The van der Waals surface area contributed by atoms with Crippen LogP contribution < -0.4 is 20.1 Å². The van der Waals surface area contributed by atoms with Gasteiger partial charge < -0.3 is 25.2 Å². The lowest BCUT2D eigenvalue weighted by molar-refractivity contribution is 0.0783. The van der Waals surface area contributed by atoms with Crippen molar-refractivity contribution in [3.63, 3.8) is 0 Å². The van der Waals surface area contributed by atoms with Crippen LogP contribution in [-0.4, -0.2) is 39.8 Å². The zero-order valence-corrected chi connectivity index (χ0v) is 24.2. The predicted octanol–water partition coefficient (Wildman–Crippen LogP) is 6.11. The van der Waals surface area contributed by atoms with E-state index in [0.717, 1.165) is 16.7 Å². The van der Waals surface area contributed by atoms with Gasteiger partial charge in [0.2, 0.25) is 5.95 Å². The largest absolute Gasteiger partial charge is 0.496 e. The average molecular weight is 590 g/mol. The number of ether oxygens (including phenoxy) is 2. The van der Waals surface area contributed by atoms with E-state index < -0.39 is 5.60 Å². The van der Waals surface area contributed by atoms with Crippen LogP contribution in [0.25, 0.3) is 16.8 Å². The van der Waals surface area contributed by atoms with E-state index in [-0.39, 0.29) is 18.3 Å². The van der Waals surface area contributed by atoms with Crippen LogP contribution in [0, 0.1) is 5.82 Å². The topological polar surface area (TPSA) is 110 Å². The number of halogens is 2. The lowest BCUT2D eigenvalue weighted by Gasteiger charge is -2.21. The molecule has 42 heavy (non-hydrogen) atoms. The number of methoxy groups -OCH3 is 2. The molecule has 0 radical (unpaired) electrons. The SMILES string of the molecule is COc1cc(-c2ccc3nc(Nc4c(Cl)cc(C(C)(C)O)cc4OC)nn3c2)ccc1C(=O)NCc1ccc(F)cc1. The highest BCUT2D eigenvalue weighted by molar-refractivity contribution is 6.33. The number of fused-ring (bicyclic) bond motifs is 1. The summed E-state index contributed by atoms with van der Waals surface area (Å²) in [5, 5.41) is 21.2. The maximum absolute atomic E-state index is 13.2. The lowest BCUT2D eigenvalue weighted by atomic mass is 9.98. The third-order valence-electron chi connectivity index (χ3n) is 6.69. The number of nitrogens with one attached hydrogen (secondary N) is 2. The number of amides is 1. The summed E-state index contributed by atoms with van der Waals surface area (Å²) in [7, 11) is 3.02. The first kappa shape index (κ1) is 28.8. The molecule has 5 aromatic rings. The van der Waals surface area contributed by atoms with Crippen LogP contribution in [0.4, 0.5) is 16.0 Å². The number of aliphatic hydroxyl groups is 1. The molecule has 0 spiro atoms. The molecule has 0 aliphatic heterocycles. The average Bonchev–Trinajstić information content (AvgIpc) is 3.38. The molecule has 3 N–H and O–H groups in total. The second-order valence-corrected chi connectivity index (χ2v) is 10.5. The number of benzene rings is 3. The summed E-state index contributed by atoms with van der Waals surface area (Å²) < 4.78 is 25.8. The van der Waals surface area contributed by atoms with Gasteiger partial charge in [-0.2, -0.15) is 4.98 Å². The van der Waals surface area contributed by atoms with Crippen LogP contribution in [0.1, 0.15) is 35.3 Å². The zero-order valence-electron chi connectivity index (χ0n) is 23.4. The van der Waals surface area contributed by atoms with Crippen LogP contribution in [0.5, 0.6) is 11.5 Å². The number of nitrogens with zero attached hydrogens (tertiary/aromatic N) is 3. The Bertz CT molecular complexity index is 1770. The van der Waals surface area contributed by atoms with Gasteiger partial charge in [-0.3, -0.25) is 4.79 Å². The van der Waals surface area contributed by atoms with Gasteiger partial charge in [-0.1, -0.05) is 29.8 Å². The minimum absolute atomic E-state index is 0.254. The molecule has 0 aliphatic carbocycles. The van der Waals surface area contributed by atoms with E-state index in [1.165, 1.54) is 26.4 Å². The molecule has 2 aromatic heterocycles. The predicted molar refractivity (Wildman–Crippen MR) is 159 cm³/mol. The Hall–Kier alpha value is -4.67. The molecule has 0 aliphatic rings. The number of anilines is 2. The molecular formula is C31H29ClFN5O4. The van der Waals surface area contributed by atoms with Gasteiger partial charge in [0.1, 0.15) is 23.0 Å². The van der Waals surface area contributed by atoms with E-state index >= 15 is 0 Å². The number of carbonyl (C=O) groups is 1. The van der Waals surface area contributed by atoms with Gasteiger partial charge >= 0.3 is 0 Å². The van der Waals surface area contributed by atoms with Gasteiger partial charge in [0.25, 0.3) is 5.91 Å². The molecule has 11 heteroatoms. The third kappa shape index (κ3) is 6.14. The Morgan fingerprint density at radius 3 is 2.40 bits per heavy atom. The van der Waals surface area contributed by atoms with Crippen molar-refractivity contribution in [1.82, 2.24) is 19.9 Å². The normalized spacial score (nSPS) is 11.4. The Morgan fingerprint density at radius 2 is 1.71 bits per heavy atom. The van der Waals surface area contributed by atoms with E-state index in [9.17, 15) is 14.3 Å². The molecule has 0 unspecified atom stereocenters. The first-order chi connectivity index (χ1) is 20.0. The molecule has 216 valence electrons. The summed E-state index contributed by atoms with van der Waals surface area (Å²) in [6.07, 6.45) is 1.81. The van der Waals surface area contributed by atoms with Crippen molar-refractivity contribution in [3.05, 3.63) is 100 Å². The molecular weight excluding hydrogens is 561 g/mol. The summed E-state index contributed by atoms with van der Waals surface area (Å²) >= 11 is 6.52. The highest BCUT2D eigenvalue weighted by Crippen LogP contribution is 2.38. The van der Waals surface area contributed by atoms with Gasteiger partial charge in [-0.25, -0.2) is 8.91 Å². The second kappa shape index (κ2) is 11.7. The highest BCUT2D eigenvalue weighted by atomic mass is 35.5. The maximum Gasteiger partial charge on any atom is 0.255 e. The van der Waals surface area contributed by atoms with Crippen LogP contribution in [0.2, 0.25) is 5.02 Å². The standard InChI is InChI=1S/C31H29ClFN5O4/c1-31(2,40)21-14-24(32)28(26(15-21)42-4)36-30-35-27-12-8-20(17-38(27)37-30)19-7-11-23(25(13-19)41-3)29(39)34-16-18-5-9-22(33)10-6-18/h5-15,17,40H,16H2,1-4H3,(H,34,39)(H,36,37). The Balaban J connectivity index is 1.37. The monoisotopic (exact) mass is 589 g/mol. The van der Waals surface area contributed by atoms with Gasteiger partial charge in [0.15, 0.2) is 5.65 Å². The molecule has 3 aromatic carbocycles. The van der Waals surface area contributed by atoms with Crippen LogP contribution in [0.15, 0.2) is 72.9 Å². The Labute approximate surface area is 246 Å². The number of hydrogen-bond acceptors (Lipinski definition) is 7. The molecule has 0 bridgehead atoms. The van der Waals surface area contributed by atoms with Crippen molar-refractivity contribution in [3.8, 4) is 22.6 Å². The molecule has 5 rings (SSSR count). The summed E-state index contributed by atoms with van der Waals surface area (Å²) in [6.45, 7) is 3.59.